The van der Waals surface area contributed by atoms with Gasteiger partial charge >= 0.3 is 0 Å². The Morgan fingerprint density at radius 2 is 2.27 bits per heavy atom. The molecular formula is C10H16O4S. The van der Waals surface area contributed by atoms with Gasteiger partial charge in [0.1, 0.15) is 5.78 Å². The van der Waals surface area contributed by atoms with Crippen molar-refractivity contribution in [1.29, 1.82) is 0 Å². The fourth-order valence-corrected chi connectivity index (χ4v) is 4.00. The van der Waals surface area contributed by atoms with E-state index in [4.69, 9.17) is 5.26 Å². The molecule has 0 aromatic heterocycles. The molecule has 4 nitrogen and oxygen atoms in total. The summed E-state index contributed by atoms with van der Waals surface area (Å²) in [5, 5.41) is 11.5. The number of rotatable bonds is 4. The zero-order chi connectivity index (χ0) is 11.1. The molecule has 0 saturated heterocycles. The molecule has 2 aliphatic rings. The summed E-state index contributed by atoms with van der Waals surface area (Å²) >= 11 is 1.00. The van der Waals surface area contributed by atoms with Crippen LogP contribution in [0.15, 0.2) is 0 Å². The molecule has 2 bridgehead atoms. The Morgan fingerprint density at radius 3 is 2.80 bits per heavy atom. The predicted octanol–water partition coefficient (Wildman–Crippen LogP) is 2.31. The molecule has 0 aromatic carbocycles. The largest absolute Gasteiger partial charge is 0.299 e. The van der Waals surface area contributed by atoms with Gasteiger partial charge in [-0.25, -0.2) is 5.26 Å². The van der Waals surface area contributed by atoms with E-state index in [9.17, 15) is 4.79 Å². The van der Waals surface area contributed by atoms with Crippen LogP contribution in [0.1, 0.15) is 26.7 Å². The van der Waals surface area contributed by atoms with E-state index in [1.54, 1.807) is 0 Å². The summed E-state index contributed by atoms with van der Waals surface area (Å²) in [6.45, 7) is 4.36. The number of carbonyl (C=O) groups is 1. The van der Waals surface area contributed by atoms with E-state index in [-0.39, 0.29) is 17.3 Å². The first-order valence-electron chi connectivity index (χ1n) is 5.22. The van der Waals surface area contributed by atoms with Gasteiger partial charge < -0.3 is 0 Å². The van der Waals surface area contributed by atoms with Crippen molar-refractivity contribution in [2.75, 3.05) is 5.75 Å². The van der Waals surface area contributed by atoms with Crippen molar-refractivity contribution in [3.63, 3.8) is 0 Å². The van der Waals surface area contributed by atoms with E-state index in [0.717, 1.165) is 24.9 Å². The van der Waals surface area contributed by atoms with Gasteiger partial charge in [0.2, 0.25) is 0 Å². The second-order valence-corrected chi connectivity index (χ2v) is 5.70. The summed E-state index contributed by atoms with van der Waals surface area (Å²) in [6, 6.07) is 0. The molecule has 86 valence electrons. The Labute approximate surface area is 93.4 Å². The van der Waals surface area contributed by atoms with Crippen molar-refractivity contribution in [3.05, 3.63) is 0 Å². The van der Waals surface area contributed by atoms with Crippen LogP contribution in [0.4, 0.5) is 0 Å². The van der Waals surface area contributed by atoms with Gasteiger partial charge in [-0.1, -0.05) is 18.9 Å². The molecule has 3 unspecified atom stereocenters. The van der Waals surface area contributed by atoms with E-state index >= 15 is 0 Å². The minimum Gasteiger partial charge on any atom is -0.299 e. The Balaban J connectivity index is 2.00. The van der Waals surface area contributed by atoms with E-state index in [1.807, 2.05) is 0 Å². The minimum atomic E-state index is 0.0684. The highest BCUT2D eigenvalue weighted by atomic mass is 32.2. The van der Waals surface area contributed by atoms with Crippen LogP contribution in [0.25, 0.3) is 0 Å². The lowest BCUT2D eigenvalue weighted by molar-refractivity contribution is -0.432. The maximum Gasteiger partial charge on any atom is 0.140 e. The zero-order valence-corrected chi connectivity index (χ0v) is 9.75. The van der Waals surface area contributed by atoms with E-state index in [2.05, 4.69) is 23.2 Å². The van der Waals surface area contributed by atoms with Crippen molar-refractivity contribution in [3.8, 4) is 0 Å². The van der Waals surface area contributed by atoms with Gasteiger partial charge in [0.05, 0.1) is 0 Å². The van der Waals surface area contributed by atoms with Crippen LogP contribution in [0.5, 0.6) is 0 Å². The van der Waals surface area contributed by atoms with Crippen molar-refractivity contribution >= 4 is 17.8 Å². The molecule has 5 heteroatoms. The summed E-state index contributed by atoms with van der Waals surface area (Å²) in [6.07, 6.45) is 2.17. The number of fused-ring (bicyclic) bond motifs is 2. The zero-order valence-electron chi connectivity index (χ0n) is 8.93. The van der Waals surface area contributed by atoms with E-state index < -0.39 is 0 Å². The SMILES string of the molecule is CC1(C)C2CCC1C(CSOOO)C2=O. The quantitative estimate of drug-likeness (QED) is 0.349. The maximum atomic E-state index is 12.0. The first kappa shape index (κ1) is 11.4. The highest BCUT2D eigenvalue weighted by Gasteiger charge is 2.58. The van der Waals surface area contributed by atoms with Crippen LogP contribution in [-0.2, 0) is 14.2 Å². The van der Waals surface area contributed by atoms with Gasteiger partial charge in [-0.3, -0.25) is 4.79 Å². The Morgan fingerprint density at radius 1 is 1.53 bits per heavy atom. The molecule has 0 amide bonds. The summed E-state index contributed by atoms with van der Waals surface area (Å²) < 4.78 is 4.34. The maximum absolute atomic E-state index is 12.0. The molecule has 15 heavy (non-hydrogen) atoms. The standard InChI is InChI=1S/C10H16O4S/c1-10(2)7-3-4-8(10)9(11)6(7)5-15-14-13-12/h6-8,12H,3-5H2,1-2H3. The Hall–Kier alpha value is -0.100. The number of ketones is 1. The van der Waals surface area contributed by atoms with Gasteiger partial charge in [0.25, 0.3) is 0 Å². The van der Waals surface area contributed by atoms with Crippen molar-refractivity contribution in [1.82, 2.24) is 0 Å². The van der Waals surface area contributed by atoms with Crippen LogP contribution in [0.2, 0.25) is 0 Å². The summed E-state index contributed by atoms with van der Waals surface area (Å²) in [4.78, 5) is 12.0. The monoisotopic (exact) mass is 232 g/mol. The highest BCUT2D eigenvalue weighted by molar-refractivity contribution is 7.94. The fraction of sp³-hybridized carbons (Fsp3) is 0.900. The third-order valence-corrected chi connectivity index (χ3v) is 4.79. The average Bonchev–Trinajstić information content (AvgIpc) is 2.56. The smallest absolute Gasteiger partial charge is 0.140 e. The first-order valence-corrected chi connectivity index (χ1v) is 6.13. The van der Waals surface area contributed by atoms with Gasteiger partial charge in [-0.2, -0.15) is 0 Å². The van der Waals surface area contributed by atoms with Crippen LogP contribution >= 0.6 is 12.0 Å². The van der Waals surface area contributed by atoms with Crippen molar-refractivity contribution in [2.45, 2.75) is 26.7 Å². The lowest BCUT2D eigenvalue weighted by Gasteiger charge is -2.24. The molecular weight excluding hydrogens is 216 g/mol. The molecule has 0 heterocycles. The number of Topliss-reactive ketones (excluding diaryl/α,β-unsaturated/α-hetero) is 1. The summed E-state index contributed by atoms with van der Waals surface area (Å²) in [5.41, 5.74) is 0.141. The third-order valence-electron chi connectivity index (χ3n) is 4.14. The Bertz CT molecular complexity index is 266. The summed E-state index contributed by atoms with van der Waals surface area (Å²) in [7, 11) is 0. The van der Waals surface area contributed by atoms with Crippen molar-refractivity contribution in [2.24, 2.45) is 23.2 Å². The molecule has 2 rings (SSSR count). The molecule has 2 aliphatic carbocycles. The third kappa shape index (κ3) is 1.71. The van der Waals surface area contributed by atoms with E-state index in [0.29, 0.717) is 17.5 Å². The number of hydrogen-bond donors (Lipinski definition) is 1. The minimum absolute atomic E-state index is 0.0684. The second kappa shape index (κ2) is 4.05. The van der Waals surface area contributed by atoms with Gasteiger partial charge in [0.15, 0.2) is 0 Å². The molecule has 0 spiro atoms. The average molecular weight is 232 g/mol. The van der Waals surface area contributed by atoms with Gasteiger partial charge in [-0.05, 0) is 24.2 Å². The molecule has 3 atom stereocenters. The fourth-order valence-electron chi connectivity index (χ4n) is 3.35. The first-order chi connectivity index (χ1) is 7.09. The van der Waals surface area contributed by atoms with Gasteiger partial charge in [0, 0.05) is 29.6 Å². The van der Waals surface area contributed by atoms with Crippen LogP contribution in [0.3, 0.4) is 0 Å². The van der Waals surface area contributed by atoms with Crippen LogP contribution in [-0.4, -0.2) is 16.8 Å². The van der Waals surface area contributed by atoms with Crippen molar-refractivity contribution < 1.29 is 19.4 Å². The van der Waals surface area contributed by atoms with Crippen LogP contribution in [0, 0.1) is 23.2 Å². The molecule has 2 saturated carbocycles. The lowest BCUT2D eigenvalue weighted by atomic mass is 9.80. The molecule has 1 N–H and O–H groups in total. The molecule has 2 fully saturated rings. The predicted molar refractivity (Wildman–Crippen MR) is 55.7 cm³/mol. The normalized spacial score (nSPS) is 37.5. The summed E-state index contributed by atoms with van der Waals surface area (Å²) in [5.74, 6) is 1.70. The lowest BCUT2D eigenvalue weighted by Crippen LogP contribution is -2.24. The Kier molecular flexibility index (Phi) is 3.07. The number of carbonyl (C=O) groups excluding carboxylic acids is 1. The highest BCUT2D eigenvalue weighted by Crippen LogP contribution is 2.58. The molecule has 0 aromatic rings. The molecule has 0 aliphatic heterocycles. The van der Waals surface area contributed by atoms with Gasteiger partial charge in [-0.15, -0.1) is 4.33 Å². The second-order valence-electron chi connectivity index (χ2n) is 4.99. The molecule has 0 radical (unpaired) electrons. The number of hydrogen-bond acceptors (Lipinski definition) is 5. The van der Waals surface area contributed by atoms with Crippen LogP contribution < -0.4 is 0 Å². The topological polar surface area (TPSA) is 55.8 Å². The van der Waals surface area contributed by atoms with E-state index in [1.165, 1.54) is 0 Å².